The van der Waals surface area contributed by atoms with Gasteiger partial charge in [-0.1, -0.05) is 24.3 Å². The topological polar surface area (TPSA) is 67.9 Å². The van der Waals surface area contributed by atoms with Gasteiger partial charge in [-0.15, -0.1) is 11.8 Å². The molecule has 6 nitrogen and oxygen atoms in total. The molecule has 7 heteroatoms. The van der Waals surface area contributed by atoms with Crippen LogP contribution >= 0.6 is 11.8 Å². The molecule has 2 amide bonds. The van der Waals surface area contributed by atoms with Crippen molar-refractivity contribution >= 4 is 23.6 Å². The summed E-state index contributed by atoms with van der Waals surface area (Å²) in [6.45, 7) is 4.38. The Morgan fingerprint density at radius 3 is 2.59 bits per heavy atom. The number of methoxy groups -OCH3 is 2. The average molecular weight is 413 g/mol. The summed E-state index contributed by atoms with van der Waals surface area (Å²) in [6.07, 6.45) is 0. The lowest BCUT2D eigenvalue weighted by Crippen LogP contribution is -2.52. The Morgan fingerprint density at radius 2 is 1.86 bits per heavy atom. The zero-order chi connectivity index (χ0) is 20.8. The number of benzene rings is 2. The molecule has 2 aliphatic heterocycles. The van der Waals surface area contributed by atoms with E-state index in [1.165, 1.54) is 0 Å². The van der Waals surface area contributed by atoms with E-state index in [2.05, 4.69) is 5.32 Å². The molecule has 0 aromatic heterocycles. The molecule has 1 fully saturated rings. The number of amides is 2. The van der Waals surface area contributed by atoms with Crippen LogP contribution in [0, 0.1) is 0 Å². The van der Waals surface area contributed by atoms with Crippen molar-refractivity contribution in [1.82, 2.24) is 10.2 Å². The monoisotopic (exact) mass is 412 g/mol. The zero-order valence-electron chi connectivity index (χ0n) is 16.9. The molecular formula is C22H24N2O4S. The van der Waals surface area contributed by atoms with Gasteiger partial charge in [-0.25, -0.2) is 0 Å². The molecule has 2 aliphatic rings. The standard InChI is InChI=1S/C22H24N2O4S/c1-22(2)18(24-20(26)14-7-5-6-8-15(14)21(24)29-22)19(25)23-12-13-9-10-16(27-3)17(11-13)28-4/h5-11,18,21H,12H2,1-4H3,(H,23,25)/t18-,21+/m1/s1. The number of rotatable bonds is 5. The maximum atomic E-state index is 13.2. The second-order valence-corrected chi connectivity index (χ2v) is 9.42. The van der Waals surface area contributed by atoms with Gasteiger partial charge < -0.3 is 19.7 Å². The van der Waals surface area contributed by atoms with Crippen molar-refractivity contribution in [1.29, 1.82) is 0 Å². The number of ether oxygens (including phenoxy) is 2. The van der Waals surface area contributed by atoms with Gasteiger partial charge >= 0.3 is 0 Å². The van der Waals surface area contributed by atoms with Crippen LogP contribution < -0.4 is 14.8 Å². The van der Waals surface area contributed by atoms with Crippen LogP contribution in [0.2, 0.25) is 0 Å². The van der Waals surface area contributed by atoms with E-state index in [-0.39, 0.29) is 17.2 Å². The molecule has 0 saturated carbocycles. The van der Waals surface area contributed by atoms with Gasteiger partial charge in [0.05, 0.1) is 14.2 Å². The van der Waals surface area contributed by atoms with Gasteiger partial charge in [0, 0.05) is 16.9 Å². The van der Waals surface area contributed by atoms with Gasteiger partial charge in [-0.2, -0.15) is 0 Å². The highest BCUT2D eigenvalue weighted by Crippen LogP contribution is 2.56. The van der Waals surface area contributed by atoms with Crippen molar-refractivity contribution in [2.75, 3.05) is 14.2 Å². The van der Waals surface area contributed by atoms with Gasteiger partial charge in [-0.3, -0.25) is 9.59 Å². The maximum absolute atomic E-state index is 13.2. The van der Waals surface area contributed by atoms with E-state index in [0.29, 0.717) is 23.6 Å². The van der Waals surface area contributed by atoms with E-state index in [1.54, 1.807) is 30.9 Å². The van der Waals surface area contributed by atoms with E-state index in [9.17, 15) is 9.59 Å². The smallest absolute Gasteiger partial charge is 0.256 e. The fourth-order valence-electron chi connectivity index (χ4n) is 4.08. The SMILES string of the molecule is COc1ccc(CNC(=O)[C@H]2N3C(=O)c4ccccc4[C@@H]3SC2(C)C)cc1OC. The molecule has 0 radical (unpaired) electrons. The van der Waals surface area contributed by atoms with Crippen molar-refractivity contribution < 1.29 is 19.1 Å². The lowest BCUT2D eigenvalue weighted by atomic mass is 10.0. The lowest BCUT2D eigenvalue weighted by molar-refractivity contribution is -0.126. The summed E-state index contributed by atoms with van der Waals surface area (Å²) in [7, 11) is 3.16. The van der Waals surface area contributed by atoms with Crippen LogP contribution in [-0.2, 0) is 11.3 Å². The summed E-state index contributed by atoms with van der Waals surface area (Å²) in [5.41, 5.74) is 2.58. The van der Waals surface area contributed by atoms with Gasteiger partial charge in [0.1, 0.15) is 11.4 Å². The number of nitrogens with zero attached hydrogens (tertiary/aromatic N) is 1. The second kappa shape index (κ2) is 7.30. The molecule has 4 rings (SSSR count). The van der Waals surface area contributed by atoms with Crippen molar-refractivity contribution in [2.24, 2.45) is 0 Å². The molecule has 0 spiro atoms. The number of nitrogens with one attached hydrogen (secondary N) is 1. The normalized spacial score (nSPS) is 21.5. The van der Waals surface area contributed by atoms with Gasteiger partial charge in [-0.05, 0) is 43.2 Å². The number of hydrogen-bond acceptors (Lipinski definition) is 5. The van der Waals surface area contributed by atoms with Crippen LogP contribution in [0.5, 0.6) is 11.5 Å². The number of fused-ring (bicyclic) bond motifs is 3. The van der Waals surface area contributed by atoms with Crippen LogP contribution in [-0.4, -0.2) is 41.7 Å². The van der Waals surface area contributed by atoms with E-state index in [4.69, 9.17) is 9.47 Å². The molecule has 1 N–H and O–H groups in total. The molecule has 1 saturated heterocycles. The van der Waals surface area contributed by atoms with Crippen LogP contribution in [0.1, 0.15) is 40.7 Å². The fraction of sp³-hybridized carbons (Fsp3) is 0.364. The number of thioether (sulfide) groups is 1. The first-order chi connectivity index (χ1) is 13.9. The molecule has 152 valence electrons. The Kier molecular flexibility index (Phi) is 4.94. The molecule has 2 aromatic rings. The van der Waals surface area contributed by atoms with E-state index >= 15 is 0 Å². The van der Waals surface area contributed by atoms with Crippen LogP contribution in [0.25, 0.3) is 0 Å². The first kappa shape index (κ1) is 19.6. The van der Waals surface area contributed by atoms with E-state index < -0.39 is 10.8 Å². The lowest BCUT2D eigenvalue weighted by Gasteiger charge is -2.29. The minimum Gasteiger partial charge on any atom is -0.493 e. The van der Waals surface area contributed by atoms with Gasteiger partial charge in [0.2, 0.25) is 5.91 Å². The molecule has 0 bridgehead atoms. The summed E-state index contributed by atoms with van der Waals surface area (Å²) in [5.74, 6) is 1.02. The molecule has 29 heavy (non-hydrogen) atoms. The Labute approximate surface area is 174 Å². The first-order valence-corrected chi connectivity index (χ1v) is 10.3. The van der Waals surface area contributed by atoms with Crippen LogP contribution in [0.4, 0.5) is 0 Å². The third-order valence-electron chi connectivity index (χ3n) is 5.46. The Hall–Kier alpha value is -2.67. The third kappa shape index (κ3) is 3.23. The highest BCUT2D eigenvalue weighted by molar-refractivity contribution is 8.01. The van der Waals surface area contributed by atoms with Crippen LogP contribution in [0.3, 0.4) is 0 Å². The molecule has 2 atom stereocenters. The average Bonchev–Trinajstić information content (AvgIpc) is 3.15. The Morgan fingerprint density at radius 1 is 1.14 bits per heavy atom. The third-order valence-corrected chi connectivity index (χ3v) is 6.99. The quantitative estimate of drug-likeness (QED) is 0.816. The van der Waals surface area contributed by atoms with Crippen molar-refractivity contribution in [3.8, 4) is 11.5 Å². The van der Waals surface area contributed by atoms with Crippen LogP contribution in [0.15, 0.2) is 42.5 Å². The maximum Gasteiger partial charge on any atom is 0.256 e. The number of hydrogen-bond donors (Lipinski definition) is 1. The minimum absolute atomic E-state index is 0.0741. The number of carbonyl (C=O) groups is 2. The number of carbonyl (C=O) groups excluding carboxylic acids is 2. The van der Waals surface area contributed by atoms with Gasteiger partial charge in [0.15, 0.2) is 11.5 Å². The largest absolute Gasteiger partial charge is 0.493 e. The van der Waals surface area contributed by atoms with Crippen molar-refractivity contribution in [3.63, 3.8) is 0 Å². The summed E-state index contributed by atoms with van der Waals surface area (Å²) >= 11 is 1.66. The molecule has 0 unspecified atom stereocenters. The Balaban J connectivity index is 1.54. The zero-order valence-corrected chi connectivity index (χ0v) is 17.7. The van der Waals surface area contributed by atoms with Gasteiger partial charge in [0.25, 0.3) is 5.91 Å². The molecule has 2 heterocycles. The van der Waals surface area contributed by atoms with E-state index in [0.717, 1.165) is 11.1 Å². The minimum atomic E-state index is -0.544. The summed E-state index contributed by atoms with van der Waals surface area (Å²) in [5, 5.41) is 2.88. The van der Waals surface area contributed by atoms with E-state index in [1.807, 2.05) is 56.3 Å². The molecular weight excluding hydrogens is 388 g/mol. The fourth-order valence-corrected chi connectivity index (χ4v) is 5.67. The predicted molar refractivity (Wildman–Crippen MR) is 112 cm³/mol. The summed E-state index contributed by atoms with van der Waals surface area (Å²) in [4.78, 5) is 27.9. The summed E-state index contributed by atoms with van der Waals surface area (Å²) in [6, 6.07) is 12.6. The van der Waals surface area contributed by atoms with Crippen molar-refractivity contribution in [2.45, 2.75) is 36.6 Å². The molecule has 0 aliphatic carbocycles. The van der Waals surface area contributed by atoms with Crippen molar-refractivity contribution in [3.05, 3.63) is 59.2 Å². The first-order valence-electron chi connectivity index (χ1n) is 9.45. The highest BCUT2D eigenvalue weighted by atomic mass is 32.2. The molecule has 2 aromatic carbocycles. The Bertz CT molecular complexity index is 975. The second-order valence-electron chi connectivity index (χ2n) is 7.68. The highest BCUT2D eigenvalue weighted by Gasteiger charge is 2.57. The summed E-state index contributed by atoms with van der Waals surface area (Å²) < 4.78 is 10.2. The predicted octanol–water partition coefficient (Wildman–Crippen LogP) is 3.37.